The lowest BCUT2D eigenvalue weighted by Crippen LogP contribution is -2.30. The van der Waals surface area contributed by atoms with Crippen LogP contribution in [0.25, 0.3) is 0 Å². The van der Waals surface area contributed by atoms with E-state index in [1.807, 2.05) is 0 Å². The summed E-state index contributed by atoms with van der Waals surface area (Å²) in [5.41, 5.74) is -1.72. The van der Waals surface area contributed by atoms with Crippen LogP contribution in [-0.4, -0.2) is 17.8 Å². The van der Waals surface area contributed by atoms with Crippen molar-refractivity contribution in [3.63, 3.8) is 0 Å². The Morgan fingerprint density at radius 1 is 1.42 bits per heavy atom. The van der Waals surface area contributed by atoms with Crippen molar-refractivity contribution in [2.24, 2.45) is 0 Å². The Morgan fingerprint density at radius 2 is 2.05 bits per heavy atom. The molecule has 0 saturated heterocycles. The minimum atomic E-state index is -4.62. The van der Waals surface area contributed by atoms with Gasteiger partial charge < -0.3 is 5.32 Å². The first kappa shape index (κ1) is 15.8. The Morgan fingerprint density at radius 3 is 2.58 bits per heavy atom. The minimum Gasteiger partial charge on any atom is -0.350 e. The van der Waals surface area contributed by atoms with Crippen molar-refractivity contribution in [2.75, 3.05) is 6.54 Å². The standard InChI is InChI=1S/C12H12ClF4NO/c1-2-8(13)6-18-11(19)9-5-7(12(15,16)17)3-4-10(9)14/h3-5,8H,2,6H2,1H3,(H,18,19). The second-order valence-corrected chi connectivity index (χ2v) is 4.53. The van der Waals surface area contributed by atoms with E-state index in [2.05, 4.69) is 5.32 Å². The lowest BCUT2D eigenvalue weighted by atomic mass is 10.1. The van der Waals surface area contributed by atoms with Gasteiger partial charge in [-0.05, 0) is 24.6 Å². The maximum atomic E-state index is 13.4. The molecule has 0 spiro atoms. The van der Waals surface area contributed by atoms with Crippen LogP contribution in [0.5, 0.6) is 0 Å². The predicted octanol–water partition coefficient (Wildman–Crippen LogP) is 3.59. The van der Waals surface area contributed by atoms with Gasteiger partial charge in [-0.15, -0.1) is 11.6 Å². The van der Waals surface area contributed by atoms with E-state index in [9.17, 15) is 22.4 Å². The maximum Gasteiger partial charge on any atom is 0.416 e. The van der Waals surface area contributed by atoms with Gasteiger partial charge in [0.2, 0.25) is 0 Å². The molecule has 106 valence electrons. The molecule has 1 atom stereocenters. The number of carbonyl (C=O) groups is 1. The molecule has 0 heterocycles. The number of alkyl halides is 4. The largest absolute Gasteiger partial charge is 0.416 e. The summed E-state index contributed by atoms with van der Waals surface area (Å²) in [6, 6.07) is 1.69. The zero-order chi connectivity index (χ0) is 14.6. The lowest BCUT2D eigenvalue weighted by Gasteiger charge is -2.11. The summed E-state index contributed by atoms with van der Waals surface area (Å²) in [4.78, 5) is 11.6. The molecule has 0 aromatic heterocycles. The van der Waals surface area contributed by atoms with Gasteiger partial charge in [0, 0.05) is 6.54 Å². The van der Waals surface area contributed by atoms with Gasteiger partial charge in [0.1, 0.15) is 5.82 Å². The van der Waals surface area contributed by atoms with Crippen molar-refractivity contribution in [1.82, 2.24) is 5.32 Å². The molecule has 0 radical (unpaired) electrons. The second kappa shape index (κ2) is 6.23. The topological polar surface area (TPSA) is 29.1 Å². The summed E-state index contributed by atoms with van der Waals surface area (Å²) in [6.07, 6.45) is -4.05. The van der Waals surface area contributed by atoms with Crippen LogP contribution in [0.1, 0.15) is 29.3 Å². The molecule has 0 aliphatic heterocycles. The molecule has 1 rings (SSSR count). The summed E-state index contributed by atoms with van der Waals surface area (Å²) >= 11 is 5.75. The van der Waals surface area contributed by atoms with Gasteiger partial charge in [0.15, 0.2) is 0 Å². The summed E-state index contributed by atoms with van der Waals surface area (Å²) in [5, 5.41) is 1.94. The first-order chi connectivity index (χ1) is 8.75. The molecule has 0 aliphatic rings. The summed E-state index contributed by atoms with van der Waals surface area (Å²) in [6.45, 7) is 1.85. The van der Waals surface area contributed by atoms with Gasteiger partial charge in [-0.2, -0.15) is 13.2 Å². The molecule has 0 aliphatic carbocycles. The fourth-order valence-corrected chi connectivity index (χ4v) is 1.40. The zero-order valence-corrected chi connectivity index (χ0v) is 10.8. The molecule has 1 aromatic rings. The minimum absolute atomic E-state index is 0.0621. The quantitative estimate of drug-likeness (QED) is 0.668. The number of amides is 1. The van der Waals surface area contributed by atoms with Gasteiger partial charge in [-0.3, -0.25) is 4.79 Å². The Hall–Kier alpha value is -1.30. The third-order valence-corrected chi connectivity index (χ3v) is 2.93. The molecule has 0 saturated carbocycles. The number of nitrogens with one attached hydrogen (secondary N) is 1. The van der Waals surface area contributed by atoms with E-state index >= 15 is 0 Å². The van der Waals surface area contributed by atoms with Gasteiger partial charge in [0.25, 0.3) is 5.91 Å². The van der Waals surface area contributed by atoms with Gasteiger partial charge in [-0.25, -0.2) is 4.39 Å². The van der Waals surface area contributed by atoms with Crippen LogP contribution in [0.3, 0.4) is 0 Å². The predicted molar refractivity (Wildman–Crippen MR) is 63.7 cm³/mol. The molecule has 0 fully saturated rings. The van der Waals surface area contributed by atoms with E-state index in [1.54, 1.807) is 6.92 Å². The number of halogens is 5. The maximum absolute atomic E-state index is 13.4. The average Bonchev–Trinajstić information content (AvgIpc) is 2.34. The molecular weight excluding hydrogens is 286 g/mol. The molecule has 7 heteroatoms. The van der Waals surface area contributed by atoms with Crippen LogP contribution in [0.15, 0.2) is 18.2 Å². The fraction of sp³-hybridized carbons (Fsp3) is 0.417. The van der Waals surface area contributed by atoms with Crippen molar-refractivity contribution < 1.29 is 22.4 Å². The molecule has 1 aromatic carbocycles. The highest BCUT2D eigenvalue weighted by Crippen LogP contribution is 2.30. The highest BCUT2D eigenvalue weighted by Gasteiger charge is 2.31. The fourth-order valence-electron chi connectivity index (χ4n) is 1.32. The number of rotatable bonds is 4. The summed E-state index contributed by atoms with van der Waals surface area (Å²) < 4.78 is 50.7. The van der Waals surface area contributed by atoms with Crippen LogP contribution >= 0.6 is 11.6 Å². The highest BCUT2D eigenvalue weighted by molar-refractivity contribution is 6.20. The molecule has 1 N–H and O–H groups in total. The van der Waals surface area contributed by atoms with Crippen molar-refractivity contribution in [3.8, 4) is 0 Å². The van der Waals surface area contributed by atoms with E-state index in [0.29, 0.717) is 24.6 Å². The molecular formula is C12H12ClF4NO. The van der Waals surface area contributed by atoms with Crippen LogP contribution in [0.4, 0.5) is 17.6 Å². The normalized spacial score (nSPS) is 13.2. The number of hydrogen-bond donors (Lipinski definition) is 1. The van der Waals surface area contributed by atoms with E-state index < -0.39 is 29.0 Å². The molecule has 1 amide bonds. The van der Waals surface area contributed by atoms with E-state index in [4.69, 9.17) is 11.6 Å². The van der Waals surface area contributed by atoms with Crippen molar-refractivity contribution in [1.29, 1.82) is 0 Å². The van der Waals surface area contributed by atoms with Gasteiger partial charge in [-0.1, -0.05) is 6.92 Å². The lowest BCUT2D eigenvalue weighted by molar-refractivity contribution is -0.137. The zero-order valence-electron chi connectivity index (χ0n) is 10.0. The Labute approximate surface area is 112 Å². The first-order valence-corrected chi connectivity index (χ1v) is 5.98. The summed E-state index contributed by atoms with van der Waals surface area (Å²) in [7, 11) is 0. The number of carbonyl (C=O) groups excluding carboxylic acids is 1. The van der Waals surface area contributed by atoms with Crippen LogP contribution in [0, 0.1) is 5.82 Å². The first-order valence-electron chi connectivity index (χ1n) is 5.54. The Balaban J connectivity index is 2.90. The molecule has 19 heavy (non-hydrogen) atoms. The molecule has 1 unspecified atom stereocenters. The van der Waals surface area contributed by atoms with Crippen LogP contribution in [0.2, 0.25) is 0 Å². The van der Waals surface area contributed by atoms with Gasteiger partial charge >= 0.3 is 6.18 Å². The van der Waals surface area contributed by atoms with Crippen LogP contribution < -0.4 is 5.32 Å². The molecule has 0 bridgehead atoms. The smallest absolute Gasteiger partial charge is 0.350 e. The Kier molecular flexibility index (Phi) is 5.17. The molecule has 2 nitrogen and oxygen atoms in total. The monoisotopic (exact) mass is 297 g/mol. The number of benzene rings is 1. The van der Waals surface area contributed by atoms with E-state index in [1.165, 1.54) is 0 Å². The summed E-state index contributed by atoms with van der Waals surface area (Å²) in [5.74, 6) is -1.92. The Bertz CT molecular complexity index is 462. The second-order valence-electron chi connectivity index (χ2n) is 3.91. The van der Waals surface area contributed by atoms with Crippen molar-refractivity contribution >= 4 is 17.5 Å². The van der Waals surface area contributed by atoms with Crippen molar-refractivity contribution in [3.05, 3.63) is 35.1 Å². The van der Waals surface area contributed by atoms with Gasteiger partial charge in [0.05, 0.1) is 16.5 Å². The van der Waals surface area contributed by atoms with E-state index in [0.717, 1.165) is 0 Å². The third-order valence-electron chi connectivity index (χ3n) is 2.47. The van der Waals surface area contributed by atoms with Crippen LogP contribution in [-0.2, 0) is 6.18 Å². The average molecular weight is 298 g/mol. The number of hydrogen-bond acceptors (Lipinski definition) is 1. The van der Waals surface area contributed by atoms with E-state index in [-0.39, 0.29) is 11.9 Å². The highest BCUT2D eigenvalue weighted by atomic mass is 35.5. The van der Waals surface area contributed by atoms with Crippen molar-refractivity contribution in [2.45, 2.75) is 24.9 Å². The SMILES string of the molecule is CCC(Cl)CNC(=O)c1cc(C(F)(F)F)ccc1F. The third kappa shape index (κ3) is 4.38.